The zero-order valence-corrected chi connectivity index (χ0v) is 13.6. The summed E-state index contributed by atoms with van der Waals surface area (Å²) in [5.41, 5.74) is 1.73. The van der Waals surface area contributed by atoms with Crippen LogP contribution < -0.4 is 5.32 Å². The summed E-state index contributed by atoms with van der Waals surface area (Å²) in [6, 6.07) is 6.76. The summed E-state index contributed by atoms with van der Waals surface area (Å²) >= 11 is 0. The first-order valence-corrected chi connectivity index (χ1v) is 6.90. The molecule has 21 heavy (non-hydrogen) atoms. The van der Waals surface area contributed by atoms with Gasteiger partial charge in [-0.2, -0.15) is 0 Å². The Hall–Kier alpha value is -1.88. The van der Waals surface area contributed by atoms with Gasteiger partial charge in [0, 0.05) is 12.6 Å². The fourth-order valence-electron chi connectivity index (χ4n) is 1.83. The van der Waals surface area contributed by atoms with E-state index in [-0.39, 0.29) is 17.2 Å². The number of amides is 2. The Morgan fingerprint density at radius 2 is 1.71 bits per heavy atom. The maximum absolute atomic E-state index is 12.1. The number of rotatable bonds is 4. The number of hydrogen-bond acceptors (Lipinski definition) is 3. The van der Waals surface area contributed by atoms with Gasteiger partial charge in [0.1, 0.15) is 6.04 Å². The highest BCUT2D eigenvalue weighted by atomic mass is 16.7. The number of benzene rings is 1. The number of carbonyl (C=O) groups excluding carboxylic acids is 2. The van der Waals surface area contributed by atoms with Gasteiger partial charge in [-0.1, -0.05) is 32.9 Å². The zero-order chi connectivity index (χ0) is 16.2. The van der Waals surface area contributed by atoms with Gasteiger partial charge in [-0.3, -0.25) is 14.4 Å². The molecule has 0 aliphatic carbocycles. The van der Waals surface area contributed by atoms with Gasteiger partial charge in [-0.05, 0) is 30.0 Å². The van der Waals surface area contributed by atoms with Crippen LogP contribution in [0.1, 0.15) is 43.6 Å². The van der Waals surface area contributed by atoms with Crippen LogP contribution in [-0.2, 0) is 15.0 Å². The van der Waals surface area contributed by atoms with Crippen molar-refractivity contribution >= 4 is 11.8 Å². The molecule has 0 spiro atoms. The molecule has 1 N–H and O–H groups in total. The Bertz CT molecular complexity index is 503. The van der Waals surface area contributed by atoms with Crippen molar-refractivity contribution < 1.29 is 14.4 Å². The Balaban J connectivity index is 2.74. The van der Waals surface area contributed by atoms with E-state index >= 15 is 0 Å². The lowest BCUT2D eigenvalue weighted by Crippen LogP contribution is -2.45. The van der Waals surface area contributed by atoms with Crippen LogP contribution in [0.15, 0.2) is 24.3 Å². The van der Waals surface area contributed by atoms with E-state index in [1.807, 2.05) is 12.1 Å². The van der Waals surface area contributed by atoms with E-state index < -0.39 is 6.04 Å². The van der Waals surface area contributed by atoms with Crippen molar-refractivity contribution in [3.63, 3.8) is 0 Å². The lowest BCUT2D eigenvalue weighted by atomic mass is 9.86. The zero-order valence-electron chi connectivity index (χ0n) is 13.6. The van der Waals surface area contributed by atoms with Crippen molar-refractivity contribution in [2.24, 2.45) is 0 Å². The third kappa shape index (κ3) is 4.56. The van der Waals surface area contributed by atoms with Crippen LogP contribution in [0.3, 0.4) is 0 Å². The number of nitrogens with zero attached hydrogens (tertiary/aromatic N) is 1. The fraction of sp³-hybridized carbons (Fsp3) is 0.500. The first-order chi connectivity index (χ1) is 9.66. The molecular formula is C16H24N2O3. The smallest absolute Gasteiger partial charge is 0.268 e. The quantitative estimate of drug-likeness (QED) is 0.865. The summed E-state index contributed by atoms with van der Waals surface area (Å²) in [4.78, 5) is 28.7. The second kappa shape index (κ2) is 6.72. The van der Waals surface area contributed by atoms with Crippen molar-refractivity contribution in [2.45, 2.75) is 39.2 Å². The number of hydroxylamine groups is 2. The van der Waals surface area contributed by atoms with E-state index in [1.54, 1.807) is 19.1 Å². The second-order valence-corrected chi connectivity index (χ2v) is 6.04. The number of likely N-dealkylation sites (N-methyl/N-ethyl adjacent to an activating group) is 1. The van der Waals surface area contributed by atoms with Gasteiger partial charge >= 0.3 is 0 Å². The molecule has 1 aromatic carbocycles. The van der Waals surface area contributed by atoms with Crippen molar-refractivity contribution in [1.82, 2.24) is 10.4 Å². The third-order valence-electron chi connectivity index (χ3n) is 3.32. The van der Waals surface area contributed by atoms with Crippen LogP contribution in [0.5, 0.6) is 0 Å². The minimum absolute atomic E-state index is 0.0411. The van der Waals surface area contributed by atoms with Crippen molar-refractivity contribution in [3.05, 3.63) is 35.4 Å². The van der Waals surface area contributed by atoms with Gasteiger partial charge in [-0.15, -0.1) is 0 Å². The summed E-state index contributed by atoms with van der Waals surface area (Å²) in [6.45, 7) is 7.97. The standard InChI is InChI=1S/C16H24N2O3/c1-11(15(20)18(5)21-6)17-14(19)12-7-9-13(10-8-12)16(2,3)4/h7-11H,1-6H3,(H,17,19). The molecule has 5 heteroatoms. The fourth-order valence-corrected chi connectivity index (χ4v) is 1.83. The SMILES string of the molecule is CON(C)C(=O)C(C)NC(=O)c1ccc(C(C)(C)C)cc1. The maximum atomic E-state index is 12.1. The summed E-state index contributed by atoms with van der Waals surface area (Å²) in [6.07, 6.45) is 0. The molecule has 0 fully saturated rings. The minimum atomic E-state index is -0.648. The first kappa shape index (κ1) is 17.2. The summed E-state index contributed by atoms with van der Waals surface area (Å²) in [5.74, 6) is -0.585. The first-order valence-electron chi connectivity index (χ1n) is 6.90. The molecule has 0 saturated carbocycles. The largest absolute Gasteiger partial charge is 0.340 e. The molecule has 2 amide bonds. The Labute approximate surface area is 126 Å². The van der Waals surface area contributed by atoms with E-state index in [9.17, 15) is 9.59 Å². The monoisotopic (exact) mass is 292 g/mol. The average Bonchev–Trinajstić information content (AvgIpc) is 2.44. The van der Waals surface area contributed by atoms with Crippen LogP contribution in [0.4, 0.5) is 0 Å². The van der Waals surface area contributed by atoms with Crippen LogP contribution in [-0.4, -0.2) is 37.1 Å². The number of hydrogen-bond donors (Lipinski definition) is 1. The molecule has 0 radical (unpaired) electrons. The molecule has 116 valence electrons. The Morgan fingerprint density at radius 1 is 1.19 bits per heavy atom. The van der Waals surface area contributed by atoms with Crippen LogP contribution >= 0.6 is 0 Å². The van der Waals surface area contributed by atoms with E-state index in [0.29, 0.717) is 5.56 Å². The molecule has 1 atom stereocenters. The number of carbonyl (C=O) groups is 2. The summed E-state index contributed by atoms with van der Waals surface area (Å²) in [7, 11) is 2.90. The highest BCUT2D eigenvalue weighted by Crippen LogP contribution is 2.22. The van der Waals surface area contributed by atoms with Crippen molar-refractivity contribution in [1.29, 1.82) is 0 Å². The highest BCUT2D eigenvalue weighted by Gasteiger charge is 2.20. The van der Waals surface area contributed by atoms with E-state index in [0.717, 1.165) is 10.6 Å². The molecule has 1 aromatic rings. The summed E-state index contributed by atoms with van der Waals surface area (Å²) < 4.78 is 0. The van der Waals surface area contributed by atoms with Crippen LogP contribution in [0, 0.1) is 0 Å². The predicted molar refractivity (Wildman–Crippen MR) is 81.8 cm³/mol. The Kier molecular flexibility index (Phi) is 5.49. The average molecular weight is 292 g/mol. The van der Waals surface area contributed by atoms with E-state index in [4.69, 9.17) is 4.84 Å². The highest BCUT2D eigenvalue weighted by molar-refractivity contribution is 5.97. The van der Waals surface area contributed by atoms with Gasteiger partial charge in [0.2, 0.25) is 0 Å². The number of nitrogens with one attached hydrogen (secondary N) is 1. The molecule has 5 nitrogen and oxygen atoms in total. The molecule has 0 aliphatic heterocycles. The van der Waals surface area contributed by atoms with Crippen molar-refractivity contribution in [2.75, 3.05) is 14.2 Å². The second-order valence-electron chi connectivity index (χ2n) is 6.04. The Morgan fingerprint density at radius 3 is 2.14 bits per heavy atom. The van der Waals surface area contributed by atoms with Crippen LogP contribution in [0.2, 0.25) is 0 Å². The topological polar surface area (TPSA) is 58.6 Å². The molecule has 0 bridgehead atoms. The van der Waals surface area contributed by atoms with E-state index in [2.05, 4.69) is 26.1 Å². The maximum Gasteiger partial charge on any atom is 0.268 e. The van der Waals surface area contributed by atoms with Gasteiger partial charge < -0.3 is 5.32 Å². The molecular weight excluding hydrogens is 268 g/mol. The predicted octanol–water partition coefficient (Wildman–Crippen LogP) is 2.12. The van der Waals surface area contributed by atoms with Gasteiger partial charge in [0.15, 0.2) is 0 Å². The molecule has 0 heterocycles. The van der Waals surface area contributed by atoms with Gasteiger partial charge in [0.05, 0.1) is 7.11 Å². The van der Waals surface area contributed by atoms with Crippen molar-refractivity contribution in [3.8, 4) is 0 Å². The summed E-state index contributed by atoms with van der Waals surface area (Å²) in [5, 5.41) is 3.75. The molecule has 0 saturated heterocycles. The minimum Gasteiger partial charge on any atom is -0.340 e. The molecule has 0 aliphatic rings. The normalized spacial score (nSPS) is 12.7. The molecule has 1 unspecified atom stereocenters. The van der Waals surface area contributed by atoms with E-state index in [1.165, 1.54) is 14.2 Å². The molecule has 0 aromatic heterocycles. The molecule has 1 rings (SSSR count). The van der Waals surface area contributed by atoms with Gasteiger partial charge in [0.25, 0.3) is 11.8 Å². The lowest BCUT2D eigenvalue weighted by Gasteiger charge is -2.20. The lowest BCUT2D eigenvalue weighted by molar-refractivity contribution is -0.170. The van der Waals surface area contributed by atoms with Crippen LogP contribution in [0.25, 0.3) is 0 Å². The van der Waals surface area contributed by atoms with Gasteiger partial charge in [-0.25, -0.2) is 5.06 Å². The third-order valence-corrected chi connectivity index (χ3v) is 3.32.